The average molecular weight is 341 g/mol. The zero-order valence-electron chi connectivity index (χ0n) is 14.5. The first-order valence-corrected chi connectivity index (χ1v) is 8.40. The Kier molecular flexibility index (Phi) is 5.38. The van der Waals surface area contributed by atoms with Gasteiger partial charge in [-0.05, 0) is 42.7 Å². The Morgan fingerprint density at radius 3 is 3.04 bits per heavy atom. The molecule has 0 saturated heterocycles. The van der Waals surface area contributed by atoms with Crippen LogP contribution in [0.1, 0.15) is 11.1 Å². The minimum absolute atomic E-state index is 0.00692. The number of benzene rings is 1. The number of pyridine rings is 1. The fraction of sp³-hybridized carbons (Fsp3) is 0.368. The van der Waals surface area contributed by atoms with Gasteiger partial charge in [0.25, 0.3) is 0 Å². The maximum Gasteiger partial charge on any atom is 0.226 e. The number of aryl methyl sites for hydroxylation is 1. The van der Waals surface area contributed by atoms with Crippen molar-refractivity contribution in [3.05, 3.63) is 47.7 Å². The second kappa shape index (κ2) is 7.88. The third-order valence-corrected chi connectivity index (χ3v) is 4.19. The van der Waals surface area contributed by atoms with Crippen LogP contribution in [0, 0.1) is 12.8 Å². The van der Waals surface area contributed by atoms with E-state index in [1.165, 1.54) is 0 Å². The number of rotatable bonds is 6. The molecule has 3 rings (SSSR count). The van der Waals surface area contributed by atoms with Crippen LogP contribution in [-0.2, 0) is 11.2 Å². The van der Waals surface area contributed by atoms with E-state index in [9.17, 15) is 4.79 Å². The predicted molar refractivity (Wildman–Crippen MR) is 96.2 cm³/mol. The molecule has 1 amide bonds. The number of hydrogen-bond donors (Lipinski definition) is 2. The lowest BCUT2D eigenvalue weighted by Crippen LogP contribution is -2.39. The molecule has 1 aromatic carbocycles. The first kappa shape index (κ1) is 17.1. The summed E-state index contributed by atoms with van der Waals surface area (Å²) in [5.41, 5.74) is 2.16. The Hall–Kier alpha value is -2.76. The SMILES string of the molecule is COc1cccc2c1OC[C@H](C(=O)NCCNc1cc(C)ccn1)C2. The number of carbonyl (C=O) groups excluding carboxylic acids is 1. The van der Waals surface area contributed by atoms with E-state index < -0.39 is 0 Å². The second-order valence-corrected chi connectivity index (χ2v) is 6.10. The highest BCUT2D eigenvalue weighted by molar-refractivity contribution is 5.79. The first-order valence-electron chi connectivity index (χ1n) is 8.40. The molecule has 0 fully saturated rings. The Morgan fingerprint density at radius 1 is 1.36 bits per heavy atom. The predicted octanol–water partition coefficient (Wildman–Crippen LogP) is 2.18. The molecule has 1 aliphatic rings. The van der Waals surface area contributed by atoms with Crippen molar-refractivity contribution in [1.29, 1.82) is 0 Å². The molecule has 0 spiro atoms. The van der Waals surface area contributed by atoms with Gasteiger partial charge in [-0.15, -0.1) is 0 Å². The monoisotopic (exact) mass is 341 g/mol. The van der Waals surface area contributed by atoms with E-state index in [1.807, 2.05) is 37.3 Å². The van der Waals surface area contributed by atoms with Gasteiger partial charge in [0.2, 0.25) is 5.91 Å². The number of nitrogens with zero attached hydrogens (tertiary/aromatic N) is 1. The number of amides is 1. The number of carbonyl (C=O) groups is 1. The van der Waals surface area contributed by atoms with Gasteiger partial charge in [-0.2, -0.15) is 0 Å². The minimum atomic E-state index is -0.184. The maximum atomic E-state index is 12.4. The van der Waals surface area contributed by atoms with Crippen LogP contribution < -0.4 is 20.1 Å². The lowest BCUT2D eigenvalue weighted by molar-refractivity contribution is -0.126. The molecule has 132 valence electrons. The zero-order valence-corrected chi connectivity index (χ0v) is 14.5. The molecule has 2 heterocycles. The number of nitrogens with one attached hydrogen (secondary N) is 2. The molecular formula is C19H23N3O3. The van der Waals surface area contributed by atoms with Crippen LogP contribution in [0.25, 0.3) is 0 Å². The van der Waals surface area contributed by atoms with Crippen molar-refractivity contribution in [2.75, 3.05) is 32.1 Å². The first-order chi connectivity index (χ1) is 12.2. The van der Waals surface area contributed by atoms with Gasteiger partial charge in [-0.3, -0.25) is 4.79 Å². The van der Waals surface area contributed by atoms with Crippen LogP contribution in [0.4, 0.5) is 5.82 Å². The highest BCUT2D eigenvalue weighted by atomic mass is 16.5. The standard InChI is InChI=1S/C19H23N3O3/c1-13-6-7-20-17(10-13)21-8-9-22-19(23)15-11-14-4-3-5-16(24-2)18(14)25-12-15/h3-7,10,15H,8-9,11-12H2,1-2H3,(H,20,21)(H,22,23)/t15-/m1/s1. The quantitative estimate of drug-likeness (QED) is 0.788. The van der Waals surface area contributed by atoms with E-state index in [1.54, 1.807) is 13.3 Å². The molecule has 2 N–H and O–H groups in total. The highest BCUT2D eigenvalue weighted by Crippen LogP contribution is 2.35. The Bertz CT molecular complexity index is 748. The van der Waals surface area contributed by atoms with Gasteiger partial charge in [0.1, 0.15) is 12.4 Å². The highest BCUT2D eigenvalue weighted by Gasteiger charge is 2.27. The third-order valence-electron chi connectivity index (χ3n) is 4.19. The summed E-state index contributed by atoms with van der Waals surface area (Å²) >= 11 is 0. The lowest BCUT2D eigenvalue weighted by Gasteiger charge is -2.25. The van der Waals surface area contributed by atoms with Gasteiger partial charge in [0.15, 0.2) is 11.5 Å². The Labute approximate surface area is 147 Å². The third kappa shape index (κ3) is 4.21. The van der Waals surface area contributed by atoms with Gasteiger partial charge < -0.3 is 20.1 Å². The van der Waals surface area contributed by atoms with Gasteiger partial charge in [0.05, 0.1) is 13.0 Å². The summed E-state index contributed by atoms with van der Waals surface area (Å²) < 4.78 is 11.1. The van der Waals surface area contributed by atoms with Crippen molar-refractivity contribution >= 4 is 11.7 Å². The number of fused-ring (bicyclic) bond motifs is 1. The van der Waals surface area contributed by atoms with E-state index in [2.05, 4.69) is 15.6 Å². The molecule has 0 bridgehead atoms. The molecular weight excluding hydrogens is 318 g/mol. The zero-order chi connectivity index (χ0) is 17.6. The molecule has 0 saturated carbocycles. The maximum absolute atomic E-state index is 12.4. The molecule has 1 aromatic heterocycles. The molecule has 0 radical (unpaired) electrons. The number of anilines is 1. The molecule has 6 nitrogen and oxygen atoms in total. The molecule has 0 aliphatic carbocycles. The van der Waals surface area contributed by atoms with E-state index in [4.69, 9.17) is 9.47 Å². The average Bonchev–Trinajstić information content (AvgIpc) is 2.64. The summed E-state index contributed by atoms with van der Waals surface area (Å²) in [6, 6.07) is 9.68. The lowest BCUT2D eigenvalue weighted by atomic mass is 9.95. The van der Waals surface area contributed by atoms with Crippen molar-refractivity contribution in [1.82, 2.24) is 10.3 Å². The summed E-state index contributed by atoms with van der Waals surface area (Å²) in [6.45, 7) is 3.55. The number of ether oxygens (including phenoxy) is 2. The largest absolute Gasteiger partial charge is 0.493 e. The molecule has 2 aromatic rings. The Morgan fingerprint density at radius 2 is 2.24 bits per heavy atom. The fourth-order valence-corrected chi connectivity index (χ4v) is 2.88. The molecule has 25 heavy (non-hydrogen) atoms. The van der Waals surface area contributed by atoms with E-state index in [-0.39, 0.29) is 11.8 Å². The van der Waals surface area contributed by atoms with Crippen molar-refractivity contribution in [3.8, 4) is 11.5 Å². The van der Waals surface area contributed by atoms with E-state index >= 15 is 0 Å². The minimum Gasteiger partial charge on any atom is -0.493 e. The van der Waals surface area contributed by atoms with Crippen molar-refractivity contribution in [3.63, 3.8) is 0 Å². The number of methoxy groups -OCH3 is 1. The van der Waals surface area contributed by atoms with Crippen LogP contribution in [0.3, 0.4) is 0 Å². The van der Waals surface area contributed by atoms with Crippen LogP contribution in [0.5, 0.6) is 11.5 Å². The molecule has 1 atom stereocenters. The fourth-order valence-electron chi connectivity index (χ4n) is 2.88. The summed E-state index contributed by atoms with van der Waals surface area (Å²) in [7, 11) is 1.62. The molecule has 6 heteroatoms. The normalized spacial score (nSPS) is 15.7. The van der Waals surface area contributed by atoms with Gasteiger partial charge >= 0.3 is 0 Å². The van der Waals surface area contributed by atoms with Gasteiger partial charge in [-0.25, -0.2) is 4.98 Å². The van der Waals surface area contributed by atoms with Crippen molar-refractivity contribution in [2.24, 2.45) is 5.92 Å². The summed E-state index contributed by atoms with van der Waals surface area (Å²) in [4.78, 5) is 16.6. The van der Waals surface area contributed by atoms with Crippen LogP contribution in [0.15, 0.2) is 36.5 Å². The molecule has 0 unspecified atom stereocenters. The van der Waals surface area contributed by atoms with E-state index in [0.717, 1.165) is 22.7 Å². The number of para-hydroxylation sites is 1. The van der Waals surface area contributed by atoms with Crippen LogP contribution in [-0.4, -0.2) is 37.7 Å². The van der Waals surface area contributed by atoms with Crippen molar-refractivity contribution in [2.45, 2.75) is 13.3 Å². The summed E-state index contributed by atoms with van der Waals surface area (Å²) in [5, 5.41) is 6.16. The van der Waals surface area contributed by atoms with Crippen LogP contribution >= 0.6 is 0 Å². The van der Waals surface area contributed by atoms with E-state index in [0.29, 0.717) is 31.9 Å². The second-order valence-electron chi connectivity index (χ2n) is 6.10. The summed E-state index contributed by atoms with van der Waals surface area (Å²) in [6.07, 6.45) is 2.42. The topological polar surface area (TPSA) is 72.5 Å². The summed E-state index contributed by atoms with van der Waals surface area (Å²) in [5.74, 6) is 2.10. The van der Waals surface area contributed by atoms with Gasteiger partial charge in [0, 0.05) is 19.3 Å². The van der Waals surface area contributed by atoms with Crippen LogP contribution in [0.2, 0.25) is 0 Å². The van der Waals surface area contributed by atoms with Gasteiger partial charge in [-0.1, -0.05) is 12.1 Å². The van der Waals surface area contributed by atoms with Crippen molar-refractivity contribution < 1.29 is 14.3 Å². The number of aromatic nitrogens is 1. The number of hydrogen-bond acceptors (Lipinski definition) is 5. The molecule has 1 aliphatic heterocycles. The smallest absolute Gasteiger partial charge is 0.226 e. The Balaban J connectivity index is 1.47.